The quantitative estimate of drug-likeness (QED) is 0.819. The van der Waals surface area contributed by atoms with E-state index in [0.29, 0.717) is 6.61 Å². The van der Waals surface area contributed by atoms with E-state index in [1.807, 2.05) is 25.1 Å². The molecule has 0 aliphatic carbocycles. The van der Waals surface area contributed by atoms with Gasteiger partial charge in [-0.3, -0.25) is 9.97 Å². The first-order valence-electron chi connectivity index (χ1n) is 6.39. The molecule has 0 aromatic carbocycles. The number of rotatable bonds is 2. The summed E-state index contributed by atoms with van der Waals surface area (Å²) in [5, 5.41) is 0. The number of aromatic nitrogens is 3. The highest BCUT2D eigenvalue weighted by Gasteiger charge is 2.23. The molecule has 1 aliphatic heterocycles. The van der Waals surface area contributed by atoms with Crippen molar-refractivity contribution in [2.45, 2.75) is 13.0 Å². The number of aryl methyl sites for hydroxylation is 1. The van der Waals surface area contributed by atoms with Crippen LogP contribution in [-0.2, 0) is 4.74 Å². The Morgan fingerprint density at radius 1 is 1.32 bits per heavy atom. The van der Waals surface area contributed by atoms with Crippen LogP contribution < -0.4 is 4.90 Å². The molecule has 19 heavy (non-hydrogen) atoms. The summed E-state index contributed by atoms with van der Waals surface area (Å²) in [7, 11) is 0. The van der Waals surface area contributed by atoms with Gasteiger partial charge in [0.25, 0.3) is 0 Å². The monoisotopic (exact) mass is 256 g/mol. The van der Waals surface area contributed by atoms with Crippen molar-refractivity contribution in [3.63, 3.8) is 0 Å². The second kappa shape index (κ2) is 5.32. The molecule has 0 radical (unpaired) electrons. The molecule has 0 saturated carbocycles. The Morgan fingerprint density at radius 2 is 2.26 bits per heavy atom. The molecular formula is C14H16N4O. The zero-order valence-corrected chi connectivity index (χ0v) is 10.9. The second-order valence-electron chi connectivity index (χ2n) is 4.57. The van der Waals surface area contributed by atoms with Gasteiger partial charge >= 0.3 is 0 Å². The summed E-state index contributed by atoms with van der Waals surface area (Å²) >= 11 is 0. The minimum absolute atomic E-state index is 0.00402. The number of ether oxygens (including phenoxy) is 1. The van der Waals surface area contributed by atoms with E-state index < -0.39 is 0 Å². The summed E-state index contributed by atoms with van der Waals surface area (Å²) in [6.45, 7) is 4.26. The second-order valence-corrected chi connectivity index (χ2v) is 4.57. The van der Waals surface area contributed by atoms with Gasteiger partial charge in [0.1, 0.15) is 11.9 Å². The number of anilines is 1. The lowest BCUT2D eigenvalue weighted by Gasteiger charge is -2.33. The zero-order valence-electron chi connectivity index (χ0n) is 10.9. The molecule has 1 aliphatic rings. The van der Waals surface area contributed by atoms with Crippen molar-refractivity contribution >= 4 is 5.82 Å². The van der Waals surface area contributed by atoms with Crippen LogP contribution in [-0.4, -0.2) is 34.6 Å². The van der Waals surface area contributed by atoms with Crippen molar-refractivity contribution < 1.29 is 4.74 Å². The lowest BCUT2D eigenvalue weighted by Crippen LogP contribution is -2.39. The number of pyridine rings is 1. The van der Waals surface area contributed by atoms with Crippen LogP contribution in [0.15, 0.2) is 36.8 Å². The molecule has 3 heterocycles. The van der Waals surface area contributed by atoms with Crippen LogP contribution in [0.25, 0.3) is 0 Å². The first-order chi connectivity index (χ1) is 9.33. The van der Waals surface area contributed by atoms with Crippen molar-refractivity contribution in [1.82, 2.24) is 15.0 Å². The topological polar surface area (TPSA) is 51.1 Å². The number of hydrogen-bond donors (Lipinski definition) is 0. The minimum atomic E-state index is -0.00402. The van der Waals surface area contributed by atoms with E-state index in [9.17, 15) is 0 Å². The molecule has 98 valence electrons. The van der Waals surface area contributed by atoms with Crippen LogP contribution in [0.2, 0.25) is 0 Å². The zero-order chi connectivity index (χ0) is 13.1. The van der Waals surface area contributed by atoms with Crippen LogP contribution >= 0.6 is 0 Å². The molecule has 1 saturated heterocycles. The molecule has 1 fully saturated rings. The fraction of sp³-hybridized carbons (Fsp3) is 0.357. The third-order valence-electron chi connectivity index (χ3n) is 3.18. The highest BCUT2D eigenvalue weighted by atomic mass is 16.5. The van der Waals surface area contributed by atoms with Crippen LogP contribution in [0.3, 0.4) is 0 Å². The molecule has 3 rings (SSSR count). The lowest BCUT2D eigenvalue weighted by molar-refractivity contribution is 0.0366. The standard InChI is InChI=1S/C14H16N4O/c1-11-3-2-4-12(17-11)13-10-18(7-8-19-13)14-9-15-5-6-16-14/h2-6,9,13H,7-8,10H2,1H3. The Labute approximate surface area is 112 Å². The Morgan fingerprint density at radius 3 is 3.05 bits per heavy atom. The van der Waals surface area contributed by atoms with Gasteiger partial charge < -0.3 is 9.64 Å². The molecule has 0 amide bonds. The number of morpholine rings is 1. The van der Waals surface area contributed by atoms with E-state index in [1.165, 1.54) is 0 Å². The fourth-order valence-electron chi connectivity index (χ4n) is 2.23. The van der Waals surface area contributed by atoms with Crippen LogP contribution in [0.4, 0.5) is 5.82 Å². The predicted octanol–water partition coefficient (Wildman–Crippen LogP) is 1.76. The summed E-state index contributed by atoms with van der Waals surface area (Å²) in [6.07, 6.45) is 5.18. The maximum atomic E-state index is 5.82. The molecule has 2 aromatic heterocycles. The third-order valence-corrected chi connectivity index (χ3v) is 3.18. The van der Waals surface area contributed by atoms with E-state index in [4.69, 9.17) is 4.74 Å². The van der Waals surface area contributed by atoms with Crippen molar-refractivity contribution in [3.05, 3.63) is 48.2 Å². The summed E-state index contributed by atoms with van der Waals surface area (Å²) in [4.78, 5) is 15.2. The van der Waals surface area contributed by atoms with Gasteiger partial charge in [0.2, 0.25) is 0 Å². The van der Waals surface area contributed by atoms with E-state index in [-0.39, 0.29) is 6.10 Å². The van der Waals surface area contributed by atoms with Gasteiger partial charge in [-0.15, -0.1) is 0 Å². The van der Waals surface area contributed by atoms with Crippen molar-refractivity contribution in [2.75, 3.05) is 24.6 Å². The first kappa shape index (κ1) is 12.0. The maximum absolute atomic E-state index is 5.82. The molecule has 5 nitrogen and oxygen atoms in total. The van der Waals surface area contributed by atoms with Crippen molar-refractivity contribution in [1.29, 1.82) is 0 Å². The molecule has 2 aromatic rings. The SMILES string of the molecule is Cc1cccc(C2CN(c3cnccn3)CCO2)n1. The van der Waals surface area contributed by atoms with E-state index in [0.717, 1.165) is 30.3 Å². The minimum Gasteiger partial charge on any atom is -0.368 e. The Bertz CT molecular complexity index is 546. The first-order valence-corrected chi connectivity index (χ1v) is 6.39. The van der Waals surface area contributed by atoms with Gasteiger partial charge in [0.15, 0.2) is 0 Å². The molecule has 5 heteroatoms. The van der Waals surface area contributed by atoms with E-state index in [2.05, 4.69) is 19.9 Å². The van der Waals surface area contributed by atoms with Gasteiger partial charge in [-0.1, -0.05) is 6.07 Å². The lowest BCUT2D eigenvalue weighted by atomic mass is 10.2. The molecule has 1 atom stereocenters. The normalized spacial score (nSPS) is 19.4. The summed E-state index contributed by atoms with van der Waals surface area (Å²) < 4.78 is 5.82. The molecule has 0 N–H and O–H groups in total. The molecular weight excluding hydrogens is 240 g/mol. The van der Waals surface area contributed by atoms with Crippen molar-refractivity contribution in [2.24, 2.45) is 0 Å². The average Bonchev–Trinajstić information content (AvgIpc) is 2.48. The third kappa shape index (κ3) is 2.71. The van der Waals surface area contributed by atoms with Crippen LogP contribution in [0.5, 0.6) is 0 Å². The molecule has 1 unspecified atom stereocenters. The van der Waals surface area contributed by atoms with Gasteiger partial charge in [-0.25, -0.2) is 4.98 Å². The number of hydrogen-bond acceptors (Lipinski definition) is 5. The maximum Gasteiger partial charge on any atom is 0.147 e. The average molecular weight is 256 g/mol. The van der Waals surface area contributed by atoms with Crippen LogP contribution in [0.1, 0.15) is 17.5 Å². The number of nitrogens with zero attached hydrogens (tertiary/aromatic N) is 4. The highest BCUT2D eigenvalue weighted by Crippen LogP contribution is 2.23. The smallest absolute Gasteiger partial charge is 0.147 e. The van der Waals surface area contributed by atoms with E-state index in [1.54, 1.807) is 18.6 Å². The molecule has 0 spiro atoms. The molecule has 0 bridgehead atoms. The Kier molecular flexibility index (Phi) is 3.37. The fourth-order valence-corrected chi connectivity index (χ4v) is 2.23. The Hall–Kier alpha value is -2.01. The summed E-state index contributed by atoms with van der Waals surface area (Å²) in [5.74, 6) is 0.892. The largest absolute Gasteiger partial charge is 0.368 e. The predicted molar refractivity (Wildman–Crippen MR) is 71.9 cm³/mol. The van der Waals surface area contributed by atoms with Gasteiger partial charge in [-0.2, -0.15) is 0 Å². The van der Waals surface area contributed by atoms with Gasteiger partial charge in [-0.05, 0) is 19.1 Å². The Balaban J connectivity index is 1.78. The van der Waals surface area contributed by atoms with E-state index >= 15 is 0 Å². The highest BCUT2D eigenvalue weighted by molar-refractivity contribution is 5.36. The van der Waals surface area contributed by atoms with Crippen LogP contribution in [0, 0.1) is 6.92 Å². The van der Waals surface area contributed by atoms with Gasteiger partial charge in [0, 0.05) is 24.6 Å². The summed E-state index contributed by atoms with van der Waals surface area (Å²) in [6, 6.07) is 6.02. The summed E-state index contributed by atoms with van der Waals surface area (Å²) in [5.41, 5.74) is 1.99. The van der Waals surface area contributed by atoms with Gasteiger partial charge in [0.05, 0.1) is 25.0 Å². The van der Waals surface area contributed by atoms with Crippen molar-refractivity contribution in [3.8, 4) is 0 Å².